The Labute approximate surface area is 90.2 Å². The monoisotopic (exact) mass is 234 g/mol. The van der Waals surface area contributed by atoms with Crippen LogP contribution in [0.3, 0.4) is 0 Å². The van der Waals surface area contributed by atoms with E-state index in [1.54, 1.807) is 0 Å². The Morgan fingerprint density at radius 2 is 1.80 bits per heavy atom. The van der Waals surface area contributed by atoms with Gasteiger partial charge in [-0.1, -0.05) is 0 Å². The first kappa shape index (κ1) is 11.3. The van der Waals surface area contributed by atoms with Gasteiger partial charge >= 0.3 is 0 Å². The zero-order valence-corrected chi connectivity index (χ0v) is 9.49. The third-order valence-corrected chi connectivity index (χ3v) is 5.04. The molecule has 2 aliphatic heterocycles. The summed E-state index contributed by atoms with van der Waals surface area (Å²) in [5.41, 5.74) is 5.78. The molecule has 0 radical (unpaired) electrons. The van der Waals surface area contributed by atoms with Gasteiger partial charge in [-0.2, -0.15) is 0 Å². The van der Waals surface area contributed by atoms with E-state index in [1.165, 1.54) is 0 Å². The molecule has 0 saturated carbocycles. The minimum Gasteiger partial charge on any atom is -0.390 e. The highest BCUT2D eigenvalue weighted by Crippen LogP contribution is 2.21. The third kappa shape index (κ3) is 2.50. The van der Waals surface area contributed by atoms with Crippen molar-refractivity contribution in [1.29, 1.82) is 0 Å². The molecule has 2 fully saturated rings. The Morgan fingerprint density at radius 1 is 1.20 bits per heavy atom. The Kier molecular flexibility index (Phi) is 3.03. The van der Waals surface area contributed by atoms with E-state index < -0.39 is 15.9 Å². The molecule has 0 aliphatic carbocycles. The predicted molar refractivity (Wildman–Crippen MR) is 57.2 cm³/mol. The van der Waals surface area contributed by atoms with Crippen LogP contribution in [0.25, 0.3) is 0 Å². The number of nitrogens with two attached hydrogens (primary N) is 1. The number of hydrogen-bond acceptors (Lipinski definition) is 5. The molecule has 0 spiro atoms. The van der Waals surface area contributed by atoms with Crippen molar-refractivity contribution in [2.24, 2.45) is 5.73 Å². The maximum Gasteiger partial charge on any atom is 0.154 e. The molecule has 0 bridgehead atoms. The quantitative estimate of drug-likeness (QED) is 0.581. The number of likely N-dealkylation sites (tertiary alicyclic amines) is 1. The number of aliphatic hydroxyl groups is 1. The topological polar surface area (TPSA) is 83.6 Å². The molecular weight excluding hydrogens is 216 g/mol. The van der Waals surface area contributed by atoms with Crippen molar-refractivity contribution in [1.82, 2.24) is 4.90 Å². The number of aliphatic hydroxyl groups excluding tert-OH is 1. The second-order valence-electron chi connectivity index (χ2n) is 4.58. The van der Waals surface area contributed by atoms with Crippen LogP contribution in [0.15, 0.2) is 0 Å². The van der Waals surface area contributed by atoms with Gasteiger partial charge in [-0.15, -0.1) is 0 Å². The van der Waals surface area contributed by atoms with Crippen LogP contribution in [0.1, 0.15) is 12.8 Å². The Bertz CT molecular complexity index is 322. The van der Waals surface area contributed by atoms with Crippen molar-refractivity contribution in [3.8, 4) is 0 Å². The number of sulfone groups is 1. The molecule has 15 heavy (non-hydrogen) atoms. The summed E-state index contributed by atoms with van der Waals surface area (Å²) in [4.78, 5) is 2.07. The molecule has 3 N–H and O–H groups in total. The number of nitrogens with zero attached hydrogens (tertiary/aromatic N) is 1. The molecule has 2 rings (SSSR count). The highest BCUT2D eigenvalue weighted by Gasteiger charge is 2.40. The van der Waals surface area contributed by atoms with Gasteiger partial charge in [0.05, 0.1) is 23.7 Å². The first-order valence-electron chi connectivity index (χ1n) is 5.36. The Balaban J connectivity index is 2.00. The van der Waals surface area contributed by atoms with Gasteiger partial charge in [-0.3, -0.25) is 4.90 Å². The maximum absolute atomic E-state index is 11.3. The van der Waals surface area contributed by atoms with Crippen LogP contribution in [0.5, 0.6) is 0 Å². The average Bonchev–Trinajstić information content (AvgIpc) is 2.41. The molecule has 0 aromatic carbocycles. The van der Waals surface area contributed by atoms with Crippen LogP contribution in [-0.2, 0) is 9.84 Å². The standard InChI is InChI=1S/C9H18N2O3S/c10-7-1-3-11(4-2-7)8-5-15(13,14)6-9(8)12/h7-9,12H,1-6,10H2. The number of hydrogen-bond donors (Lipinski definition) is 2. The smallest absolute Gasteiger partial charge is 0.154 e. The van der Waals surface area contributed by atoms with Crippen molar-refractivity contribution in [3.63, 3.8) is 0 Å². The van der Waals surface area contributed by atoms with Gasteiger partial charge in [0.2, 0.25) is 0 Å². The lowest BCUT2D eigenvalue weighted by molar-refractivity contribution is 0.0669. The highest BCUT2D eigenvalue weighted by molar-refractivity contribution is 7.91. The zero-order valence-electron chi connectivity index (χ0n) is 8.67. The molecule has 2 unspecified atom stereocenters. The summed E-state index contributed by atoms with van der Waals surface area (Å²) in [6, 6.07) is 0.0268. The summed E-state index contributed by atoms with van der Waals surface area (Å²) in [7, 11) is -3.03. The molecule has 2 atom stereocenters. The minimum absolute atomic E-state index is 0.0831. The van der Waals surface area contributed by atoms with Crippen LogP contribution in [0, 0.1) is 0 Å². The molecule has 0 aromatic heterocycles. The van der Waals surface area contributed by atoms with E-state index >= 15 is 0 Å². The summed E-state index contributed by atoms with van der Waals surface area (Å²) in [6.07, 6.45) is 1.07. The third-order valence-electron chi connectivity index (χ3n) is 3.34. The van der Waals surface area contributed by atoms with Gasteiger partial charge in [-0.05, 0) is 12.8 Å². The van der Waals surface area contributed by atoms with Gasteiger partial charge < -0.3 is 10.8 Å². The lowest BCUT2D eigenvalue weighted by atomic mass is 10.0. The predicted octanol–water partition coefficient (Wildman–Crippen LogP) is -1.43. The molecule has 5 nitrogen and oxygen atoms in total. The highest BCUT2D eigenvalue weighted by atomic mass is 32.2. The second-order valence-corrected chi connectivity index (χ2v) is 6.74. The first-order chi connectivity index (χ1) is 6.98. The fraction of sp³-hybridized carbons (Fsp3) is 1.00. The van der Waals surface area contributed by atoms with Crippen molar-refractivity contribution >= 4 is 9.84 Å². The fourth-order valence-corrected chi connectivity index (χ4v) is 4.24. The van der Waals surface area contributed by atoms with Crippen LogP contribution in [-0.4, -0.2) is 61.2 Å². The van der Waals surface area contributed by atoms with Gasteiger partial charge in [0.1, 0.15) is 0 Å². The van der Waals surface area contributed by atoms with Crippen LogP contribution in [0.2, 0.25) is 0 Å². The van der Waals surface area contributed by atoms with Gasteiger partial charge in [0, 0.05) is 19.1 Å². The van der Waals surface area contributed by atoms with Gasteiger partial charge in [0.25, 0.3) is 0 Å². The van der Waals surface area contributed by atoms with Gasteiger partial charge in [-0.25, -0.2) is 8.42 Å². The molecule has 2 saturated heterocycles. The van der Waals surface area contributed by atoms with E-state index in [2.05, 4.69) is 4.90 Å². The Morgan fingerprint density at radius 3 is 2.27 bits per heavy atom. The summed E-state index contributed by atoms with van der Waals surface area (Å²) < 4.78 is 22.7. The summed E-state index contributed by atoms with van der Waals surface area (Å²) in [6.45, 7) is 1.61. The first-order valence-corrected chi connectivity index (χ1v) is 7.18. The van der Waals surface area contributed by atoms with Crippen molar-refractivity contribution in [3.05, 3.63) is 0 Å². The van der Waals surface area contributed by atoms with E-state index in [0.29, 0.717) is 0 Å². The van der Waals surface area contributed by atoms with E-state index in [1.807, 2.05) is 0 Å². The summed E-state index contributed by atoms with van der Waals surface area (Å²) in [5, 5.41) is 9.69. The van der Waals surface area contributed by atoms with Crippen molar-refractivity contribution in [2.45, 2.75) is 31.0 Å². The largest absolute Gasteiger partial charge is 0.390 e. The molecule has 2 heterocycles. The average molecular weight is 234 g/mol. The lowest BCUT2D eigenvalue weighted by Crippen LogP contribution is -2.49. The molecule has 88 valence electrons. The van der Waals surface area contributed by atoms with E-state index in [-0.39, 0.29) is 23.6 Å². The number of piperidine rings is 1. The summed E-state index contributed by atoms with van der Waals surface area (Å²) in [5.74, 6) is 0.0175. The zero-order chi connectivity index (χ0) is 11.1. The maximum atomic E-state index is 11.3. The van der Waals surface area contributed by atoms with Crippen molar-refractivity contribution in [2.75, 3.05) is 24.6 Å². The second kappa shape index (κ2) is 4.01. The SMILES string of the molecule is NC1CCN(C2CS(=O)(=O)CC2O)CC1. The molecule has 6 heteroatoms. The normalized spacial score (nSPS) is 38.3. The number of rotatable bonds is 1. The summed E-state index contributed by atoms with van der Waals surface area (Å²) >= 11 is 0. The fourth-order valence-electron chi connectivity index (χ4n) is 2.41. The minimum atomic E-state index is -3.03. The van der Waals surface area contributed by atoms with Gasteiger partial charge in [0.15, 0.2) is 9.84 Å². The van der Waals surface area contributed by atoms with E-state index in [0.717, 1.165) is 25.9 Å². The van der Waals surface area contributed by atoms with E-state index in [4.69, 9.17) is 5.73 Å². The van der Waals surface area contributed by atoms with Crippen LogP contribution < -0.4 is 5.73 Å². The Hall–Kier alpha value is -0.170. The van der Waals surface area contributed by atoms with Crippen molar-refractivity contribution < 1.29 is 13.5 Å². The van der Waals surface area contributed by atoms with Crippen LogP contribution >= 0.6 is 0 Å². The van der Waals surface area contributed by atoms with E-state index in [9.17, 15) is 13.5 Å². The molecular formula is C9H18N2O3S. The molecule has 2 aliphatic rings. The molecule has 0 aromatic rings. The lowest BCUT2D eigenvalue weighted by Gasteiger charge is -2.35. The van der Waals surface area contributed by atoms with Crippen LogP contribution in [0.4, 0.5) is 0 Å². The molecule has 0 amide bonds.